The number of hydrogen-bond acceptors (Lipinski definition) is 5. The minimum atomic E-state index is -0.145. The molecule has 0 saturated carbocycles. The zero-order valence-electron chi connectivity index (χ0n) is 15.5. The topological polar surface area (TPSA) is 60.5 Å². The molecule has 0 bridgehead atoms. The van der Waals surface area contributed by atoms with Crippen molar-refractivity contribution in [1.82, 2.24) is 10.3 Å². The van der Waals surface area contributed by atoms with Gasteiger partial charge in [0.25, 0.3) is 5.91 Å². The van der Waals surface area contributed by atoms with Gasteiger partial charge in [0.15, 0.2) is 11.5 Å². The fraction of sp³-hybridized carbons (Fsp3) is 0.474. The number of nitrogens with zero attached hydrogens (tertiary/aromatic N) is 1. The van der Waals surface area contributed by atoms with Crippen molar-refractivity contribution in [3.8, 4) is 11.5 Å². The Labute approximate surface area is 153 Å². The number of carbonyl (C=O) groups is 1. The Balaban J connectivity index is 2.11. The second-order valence-electron chi connectivity index (χ2n) is 5.94. The summed E-state index contributed by atoms with van der Waals surface area (Å²) in [5.41, 5.74) is 1.76. The van der Waals surface area contributed by atoms with Gasteiger partial charge in [-0.25, -0.2) is 4.98 Å². The molecule has 0 aliphatic carbocycles. The molecule has 1 unspecified atom stereocenters. The van der Waals surface area contributed by atoms with Crippen LogP contribution >= 0.6 is 11.3 Å². The quantitative estimate of drug-likeness (QED) is 0.760. The zero-order valence-corrected chi connectivity index (χ0v) is 16.3. The lowest BCUT2D eigenvalue weighted by Crippen LogP contribution is -2.26. The number of thiazole rings is 1. The van der Waals surface area contributed by atoms with Crippen LogP contribution in [-0.2, 0) is 6.42 Å². The van der Waals surface area contributed by atoms with E-state index in [0.717, 1.165) is 35.5 Å². The third-order valence-corrected chi connectivity index (χ3v) is 5.26. The van der Waals surface area contributed by atoms with Crippen LogP contribution in [0.3, 0.4) is 0 Å². The highest BCUT2D eigenvalue weighted by Gasteiger charge is 2.18. The van der Waals surface area contributed by atoms with E-state index in [1.807, 2.05) is 32.0 Å². The SMILES string of the molecule is CCCCc1nc(C)c(C(=O)NC(C)c2ccc(OC)c(OC)c2)s1. The molecular formula is C19H26N2O3S. The van der Waals surface area contributed by atoms with Crippen LogP contribution in [0.15, 0.2) is 18.2 Å². The molecule has 0 aliphatic heterocycles. The minimum absolute atomic E-state index is 0.0833. The molecule has 136 valence electrons. The smallest absolute Gasteiger partial charge is 0.263 e. The lowest BCUT2D eigenvalue weighted by atomic mass is 10.1. The lowest BCUT2D eigenvalue weighted by molar-refractivity contribution is 0.0943. The van der Waals surface area contributed by atoms with Gasteiger partial charge in [0.2, 0.25) is 0 Å². The van der Waals surface area contributed by atoms with Crippen LogP contribution in [0.5, 0.6) is 11.5 Å². The molecule has 1 atom stereocenters. The molecular weight excluding hydrogens is 336 g/mol. The van der Waals surface area contributed by atoms with E-state index in [2.05, 4.69) is 17.2 Å². The van der Waals surface area contributed by atoms with Crippen LogP contribution in [0.4, 0.5) is 0 Å². The fourth-order valence-electron chi connectivity index (χ4n) is 2.57. The molecule has 5 nitrogen and oxygen atoms in total. The molecule has 0 spiro atoms. The Morgan fingerprint density at radius 3 is 2.64 bits per heavy atom. The van der Waals surface area contributed by atoms with Crippen molar-refractivity contribution in [3.05, 3.63) is 39.3 Å². The van der Waals surface area contributed by atoms with Crippen molar-refractivity contribution in [3.63, 3.8) is 0 Å². The van der Waals surface area contributed by atoms with Gasteiger partial charge in [-0.3, -0.25) is 4.79 Å². The maximum atomic E-state index is 12.6. The van der Waals surface area contributed by atoms with Crippen LogP contribution in [0.2, 0.25) is 0 Å². The van der Waals surface area contributed by atoms with Crippen LogP contribution in [0.1, 0.15) is 58.7 Å². The second kappa shape index (κ2) is 8.85. The van der Waals surface area contributed by atoms with E-state index in [1.165, 1.54) is 11.3 Å². The van der Waals surface area contributed by atoms with Crippen LogP contribution in [-0.4, -0.2) is 25.1 Å². The third-order valence-electron chi connectivity index (χ3n) is 4.05. The van der Waals surface area contributed by atoms with Gasteiger partial charge in [-0.2, -0.15) is 0 Å². The van der Waals surface area contributed by atoms with Crippen molar-refractivity contribution in [2.24, 2.45) is 0 Å². The summed E-state index contributed by atoms with van der Waals surface area (Å²) in [6, 6.07) is 5.51. The van der Waals surface area contributed by atoms with E-state index in [1.54, 1.807) is 14.2 Å². The monoisotopic (exact) mass is 362 g/mol. The van der Waals surface area contributed by atoms with Crippen molar-refractivity contribution in [1.29, 1.82) is 0 Å². The van der Waals surface area contributed by atoms with Gasteiger partial charge in [0.1, 0.15) is 4.88 Å². The summed E-state index contributed by atoms with van der Waals surface area (Å²) < 4.78 is 10.6. The number of aryl methyl sites for hydroxylation is 2. The van der Waals surface area contributed by atoms with E-state index >= 15 is 0 Å². The summed E-state index contributed by atoms with van der Waals surface area (Å²) in [6.07, 6.45) is 3.15. The van der Waals surface area contributed by atoms with Gasteiger partial charge in [0.05, 0.1) is 31.0 Å². The normalized spacial score (nSPS) is 11.9. The van der Waals surface area contributed by atoms with E-state index in [-0.39, 0.29) is 11.9 Å². The second-order valence-corrected chi connectivity index (χ2v) is 7.02. The Morgan fingerprint density at radius 1 is 1.28 bits per heavy atom. The maximum Gasteiger partial charge on any atom is 0.263 e. The number of nitrogens with one attached hydrogen (secondary N) is 1. The highest BCUT2D eigenvalue weighted by atomic mass is 32.1. The van der Waals surface area contributed by atoms with Crippen molar-refractivity contribution >= 4 is 17.2 Å². The number of amides is 1. The molecule has 1 aromatic heterocycles. The number of rotatable bonds is 8. The average molecular weight is 362 g/mol. The van der Waals surface area contributed by atoms with E-state index in [0.29, 0.717) is 16.4 Å². The number of methoxy groups -OCH3 is 2. The molecule has 0 fully saturated rings. The van der Waals surface area contributed by atoms with Crippen LogP contribution < -0.4 is 14.8 Å². The maximum absolute atomic E-state index is 12.6. The summed E-state index contributed by atoms with van der Waals surface area (Å²) >= 11 is 1.49. The number of unbranched alkanes of at least 4 members (excludes halogenated alkanes) is 1. The number of aromatic nitrogens is 1. The van der Waals surface area contributed by atoms with Crippen molar-refractivity contribution in [2.75, 3.05) is 14.2 Å². The predicted molar refractivity (Wildman–Crippen MR) is 101 cm³/mol. The van der Waals surface area contributed by atoms with Gasteiger partial charge in [0, 0.05) is 0 Å². The molecule has 2 aromatic rings. The molecule has 0 aliphatic rings. The molecule has 1 aromatic carbocycles. The first kappa shape index (κ1) is 19.2. The number of ether oxygens (including phenoxy) is 2. The summed E-state index contributed by atoms with van der Waals surface area (Å²) in [7, 11) is 3.20. The first-order valence-electron chi connectivity index (χ1n) is 8.49. The molecule has 1 N–H and O–H groups in total. The van der Waals surface area contributed by atoms with Crippen LogP contribution in [0.25, 0.3) is 0 Å². The fourth-order valence-corrected chi connectivity index (χ4v) is 3.58. The summed E-state index contributed by atoms with van der Waals surface area (Å²) in [5.74, 6) is 1.24. The summed E-state index contributed by atoms with van der Waals surface area (Å²) in [6.45, 7) is 5.99. The molecule has 6 heteroatoms. The minimum Gasteiger partial charge on any atom is -0.493 e. The third kappa shape index (κ3) is 4.72. The number of carbonyl (C=O) groups excluding carboxylic acids is 1. The number of benzene rings is 1. The summed E-state index contributed by atoms with van der Waals surface area (Å²) in [4.78, 5) is 17.8. The molecule has 1 heterocycles. The molecule has 2 rings (SSSR count). The molecule has 25 heavy (non-hydrogen) atoms. The molecule has 0 radical (unpaired) electrons. The van der Waals surface area contributed by atoms with E-state index in [9.17, 15) is 4.79 Å². The molecule has 0 saturated heterocycles. The average Bonchev–Trinajstić information content (AvgIpc) is 2.99. The van der Waals surface area contributed by atoms with Crippen molar-refractivity contribution < 1.29 is 14.3 Å². The predicted octanol–water partition coefficient (Wildman–Crippen LogP) is 4.30. The zero-order chi connectivity index (χ0) is 18.4. The highest BCUT2D eigenvalue weighted by molar-refractivity contribution is 7.13. The first-order chi connectivity index (χ1) is 12.0. The van der Waals surface area contributed by atoms with Gasteiger partial charge >= 0.3 is 0 Å². The Kier molecular flexibility index (Phi) is 6.82. The largest absolute Gasteiger partial charge is 0.493 e. The van der Waals surface area contributed by atoms with Gasteiger partial charge in [-0.15, -0.1) is 11.3 Å². The lowest BCUT2D eigenvalue weighted by Gasteiger charge is -2.16. The summed E-state index contributed by atoms with van der Waals surface area (Å²) in [5, 5.41) is 4.08. The standard InChI is InChI=1S/C19H26N2O3S/c1-6-7-8-17-20-13(3)18(25-17)19(22)21-12(2)14-9-10-15(23-4)16(11-14)24-5/h9-12H,6-8H2,1-5H3,(H,21,22). The first-order valence-corrected chi connectivity index (χ1v) is 9.30. The van der Waals surface area contributed by atoms with Gasteiger partial charge in [-0.1, -0.05) is 19.4 Å². The van der Waals surface area contributed by atoms with E-state index in [4.69, 9.17) is 9.47 Å². The molecule has 1 amide bonds. The van der Waals surface area contributed by atoms with Crippen LogP contribution in [0, 0.1) is 6.92 Å². The van der Waals surface area contributed by atoms with Gasteiger partial charge < -0.3 is 14.8 Å². The van der Waals surface area contributed by atoms with E-state index < -0.39 is 0 Å². The Hall–Kier alpha value is -2.08. The van der Waals surface area contributed by atoms with Crippen molar-refractivity contribution in [2.45, 2.75) is 46.1 Å². The highest BCUT2D eigenvalue weighted by Crippen LogP contribution is 2.30. The number of hydrogen-bond donors (Lipinski definition) is 1. The Bertz CT molecular complexity index is 727. The Morgan fingerprint density at radius 2 is 2.00 bits per heavy atom. The van der Waals surface area contributed by atoms with Gasteiger partial charge in [-0.05, 0) is 44.4 Å².